The second kappa shape index (κ2) is 2.58. The van der Waals surface area contributed by atoms with Crippen molar-refractivity contribution in [3.63, 3.8) is 0 Å². The summed E-state index contributed by atoms with van der Waals surface area (Å²) >= 11 is 0. The fourth-order valence-corrected chi connectivity index (χ4v) is 2.21. The molecule has 1 fully saturated rings. The largest absolute Gasteiger partial charge is 0.352 e. The molecule has 0 spiro atoms. The molecule has 3 nitrogen and oxygen atoms in total. The molecule has 1 aromatic rings. The van der Waals surface area contributed by atoms with Gasteiger partial charge in [0, 0.05) is 11.1 Å². The van der Waals surface area contributed by atoms with E-state index in [-0.39, 0.29) is 18.2 Å². The number of carbonyl (C=O) groups is 1. The summed E-state index contributed by atoms with van der Waals surface area (Å²) in [6, 6.07) is 7.87. The number of carbonyl (C=O) groups excluding carboxylic acids is 1. The summed E-state index contributed by atoms with van der Waals surface area (Å²) in [7, 11) is 0. The van der Waals surface area contributed by atoms with Crippen LogP contribution in [0.15, 0.2) is 24.3 Å². The molecule has 0 saturated carbocycles. The van der Waals surface area contributed by atoms with Crippen molar-refractivity contribution in [3.8, 4) is 0 Å². The Morgan fingerprint density at radius 3 is 3.07 bits per heavy atom. The predicted octanol–water partition coefficient (Wildman–Crippen LogP) is 1.56. The van der Waals surface area contributed by atoms with Crippen molar-refractivity contribution in [1.29, 1.82) is 0 Å². The Morgan fingerprint density at radius 2 is 2.21 bits per heavy atom. The van der Waals surface area contributed by atoms with Gasteiger partial charge in [0.05, 0.1) is 12.6 Å². The van der Waals surface area contributed by atoms with E-state index in [4.69, 9.17) is 4.74 Å². The van der Waals surface area contributed by atoms with E-state index < -0.39 is 0 Å². The molecule has 2 atom stereocenters. The fraction of sp³-hybridized carbons (Fsp3) is 0.364. The van der Waals surface area contributed by atoms with Crippen LogP contribution in [0, 0.1) is 0 Å². The summed E-state index contributed by atoms with van der Waals surface area (Å²) in [5.74, 6) is 0.107. The monoisotopic (exact) mass is 189 g/mol. The summed E-state index contributed by atoms with van der Waals surface area (Å²) in [5, 5.41) is 0. The minimum atomic E-state index is -0.131. The summed E-state index contributed by atoms with van der Waals surface area (Å²) in [6.07, 6.45) is -0.131. The number of hydrogen-bond donors (Lipinski definition) is 0. The van der Waals surface area contributed by atoms with Crippen LogP contribution < -0.4 is 0 Å². The maximum Gasteiger partial charge on any atom is 0.256 e. The van der Waals surface area contributed by atoms with Gasteiger partial charge < -0.3 is 9.64 Å². The standard InChI is InChI=1S/C11H11NO2/c1-7-6-14-11-9-5-3-2-4-8(9)10(13)12(7)11/h2-5,7,11H,6H2,1H3/t7-,11+/m1/s1. The number of ether oxygens (including phenoxy) is 1. The maximum absolute atomic E-state index is 11.9. The molecule has 14 heavy (non-hydrogen) atoms. The number of fused-ring (bicyclic) bond motifs is 3. The van der Waals surface area contributed by atoms with Gasteiger partial charge in [-0.2, -0.15) is 0 Å². The molecule has 0 aliphatic carbocycles. The molecule has 0 N–H and O–H groups in total. The topological polar surface area (TPSA) is 29.5 Å². The third kappa shape index (κ3) is 0.826. The normalized spacial score (nSPS) is 29.2. The van der Waals surface area contributed by atoms with Gasteiger partial charge in [0.25, 0.3) is 5.91 Å². The summed E-state index contributed by atoms with van der Waals surface area (Å²) in [5.41, 5.74) is 1.81. The molecule has 1 aromatic carbocycles. The second-order valence-electron chi connectivity index (χ2n) is 3.83. The molecular formula is C11H11NO2. The zero-order valence-electron chi connectivity index (χ0n) is 7.93. The van der Waals surface area contributed by atoms with Crippen LogP contribution in [0.1, 0.15) is 29.1 Å². The van der Waals surface area contributed by atoms with E-state index >= 15 is 0 Å². The van der Waals surface area contributed by atoms with E-state index in [2.05, 4.69) is 0 Å². The van der Waals surface area contributed by atoms with Gasteiger partial charge in [-0.1, -0.05) is 18.2 Å². The molecule has 1 saturated heterocycles. The van der Waals surface area contributed by atoms with E-state index in [1.54, 1.807) is 0 Å². The Morgan fingerprint density at radius 1 is 1.43 bits per heavy atom. The zero-order chi connectivity index (χ0) is 9.71. The third-order valence-corrected chi connectivity index (χ3v) is 2.91. The predicted molar refractivity (Wildman–Crippen MR) is 50.8 cm³/mol. The molecule has 2 heterocycles. The molecule has 2 aliphatic rings. The first-order valence-corrected chi connectivity index (χ1v) is 4.82. The lowest BCUT2D eigenvalue weighted by Crippen LogP contribution is -2.31. The van der Waals surface area contributed by atoms with Crippen LogP contribution in [-0.4, -0.2) is 23.5 Å². The van der Waals surface area contributed by atoms with Gasteiger partial charge in [0.1, 0.15) is 0 Å². The number of nitrogens with zero attached hydrogens (tertiary/aromatic N) is 1. The fourth-order valence-electron chi connectivity index (χ4n) is 2.21. The van der Waals surface area contributed by atoms with Crippen molar-refractivity contribution in [1.82, 2.24) is 4.90 Å². The van der Waals surface area contributed by atoms with Crippen molar-refractivity contribution >= 4 is 5.91 Å². The lowest BCUT2D eigenvalue weighted by Gasteiger charge is -2.17. The van der Waals surface area contributed by atoms with E-state index in [9.17, 15) is 4.79 Å². The number of benzene rings is 1. The minimum Gasteiger partial charge on any atom is -0.352 e. The quantitative estimate of drug-likeness (QED) is 0.619. The number of amides is 1. The highest BCUT2D eigenvalue weighted by Gasteiger charge is 2.44. The van der Waals surface area contributed by atoms with Crippen molar-refractivity contribution in [3.05, 3.63) is 35.4 Å². The lowest BCUT2D eigenvalue weighted by atomic mass is 10.1. The molecule has 0 unspecified atom stereocenters. The van der Waals surface area contributed by atoms with Gasteiger partial charge in [-0.25, -0.2) is 0 Å². The van der Waals surface area contributed by atoms with Crippen LogP contribution >= 0.6 is 0 Å². The SMILES string of the molecule is C[C@@H]1CO[C@H]2c3ccccc3C(=O)N12. The third-order valence-electron chi connectivity index (χ3n) is 2.91. The van der Waals surface area contributed by atoms with Crippen molar-refractivity contribution in [2.75, 3.05) is 6.61 Å². The Kier molecular flexibility index (Phi) is 1.47. The average Bonchev–Trinajstić information content (AvgIpc) is 2.70. The van der Waals surface area contributed by atoms with Gasteiger partial charge >= 0.3 is 0 Å². The van der Waals surface area contributed by atoms with Gasteiger partial charge in [-0.15, -0.1) is 0 Å². The van der Waals surface area contributed by atoms with E-state index in [1.165, 1.54) is 0 Å². The molecular weight excluding hydrogens is 178 g/mol. The highest BCUT2D eigenvalue weighted by molar-refractivity contribution is 5.99. The van der Waals surface area contributed by atoms with Crippen LogP contribution in [0.5, 0.6) is 0 Å². The van der Waals surface area contributed by atoms with E-state index in [1.807, 2.05) is 36.1 Å². The Hall–Kier alpha value is -1.35. The van der Waals surface area contributed by atoms with Crippen molar-refractivity contribution < 1.29 is 9.53 Å². The first-order valence-electron chi connectivity index (χ1n) is 4.82. The van der Waals surface area contributed by atoms with Crippen LogP contribution in [0.25, 0.3) is 0 Å². The van der Waals surface area contributed by atoms with Gasteiger partial charge in [0.2, 0.25) is 0 Å². The summed E-state index contributed by atoms with van der Waals surface area (Å²) < 4.78 is 5.59. The molecule has 72 valence electrons. The summed E-state index contributed by atoms with van der Waals surface area (Å²) in [4.78, 5) is 13.8. The van der Waals surface area contributed by atoms with E-state index in [0.717, 1.165) is 11.1 Å². The van der Waals surface area contributed by atoms with Crippen molar-refractivity contribution in [2.24, 2.45) is 0 Å². The maximum atomic E-state index is 11.9. The Labute approximate surface area is 82.3 Å². The Bertz CT molecular complexity index is 402. The molecule has 1 amide bonds. The number of hydrogen-bond acceptors (Lipinski definition) is 2. The van der Waals surface area contributed by atoms with Crippen LogP contribution in [0.4, 0.5) is 0 Å². The molecule has 0 aromatic heterocycles. The van der Waals surface area contributed by atoms with Crippen LogP contribution in [0.3, 0.4) is 0 Å². The van der Waals surface area contributed by atoms with Crippen molar-refractivity contribution in [2.45, 2.75) is 19.2 Å². The molecule has 3 heteroatoms. The molecule has 0 bridgehead atoms. The second-order valence-corrected chi connectivity index (χ2v) is 3.83. The van der Waals surface area contributed by atoms with Gasteiger partial charge in [-0.3, -0.25) is 4.79 Å². The minimum absolute atomic E-state index is 0.107. The smallest absolute Gasteiger partial charge is 0.256 e. The van der Waals surface area contributed by atoms with Gasteiger partial charge in [0.15, 0.2) is 6.23 Å². The van der Waals surface area contributed by atoms with E-state index in [0.29, 0.717) is 6.61 Å². The molecule has 0 radical (unpaired) electrons. The first kappa shape index (κ1) is 8.00. The summed E-state index contributed by atoms with van der Waals surface area (Å²) in [6.45, 7) is 2.66. The average molecular weight is 189 g/mol. The molecule has 2 aliphatic heterocycles. The molecule has 3 rings (SSSR count). The lowest BCUT2D eigenvalue weighted by molar-refractivity contribution is 0.0358. The first-order chi connectivity index (χ1) is 6.79. The number of rotatable bonds is 0. The van der Waals surface area contributed by atoms with Gasteiger partial charge in [-0.05, 0) is 13.0 Å². The Balaban J connectivity index is 2.15. The zero-order valence-corrected chi connectivity index (χ0v) is 7.93. The van der Waals surface area contributed by atoms with Crippen LogP contribution in [0.2, 0.25) is 0 Å². The highest BCUT2D eigenvalue weighted by Crippen LogP contribution is 2.39. The van der Waals surface area contributed by atoms with Crippen LogP contribution in [-0.2, 0) is 4.74 Å². The highest BCUT2D eigenvalue weighted by atomic mass is 16.5.